The number of anilines is 4. The van der Waals surface area contributed by atoms with Crippen LogP contribution in [0.15, 0.2) is 36.4 Å². The molecular formula is C19H22N6O6S4. The van der Waals surface area contributed by atoms with E-state index in [0.29, 0.717) is 28.3 Å². The van der Waals surface area contributed by atoms with Crippen LogP contribution in [-0.2, 0) is 36.3 Å². The molecule has 0 fully saturated rings. The Morgan fingerprint density at radius 2 is 1.43 bits per heavy atom. The molecule has 2 aromatic rings. The van der Waals surface area contributed by atoms with Crippen molar-refractivity contribution in [2.45, 2.75) is 18.4 Å². The number of fused-ring (bicyclic) bond motifs is 2. The number of benzene rings is 2. The normalized spacial score (nSPS) is 15.6. The highest BCUT2D eigenvalue weighted by Crippen LogP contribution is 2.30. The summed E-state index contributed by atoms with van der Waals surface area (Å²) in [5.74, 6) is -0.0101. The van der Waals surface area contributed by atoms with Gasteiger partial charge in [0, 0.05) is 11.4 Å². The first-order valence-corrected chi connectivity index (χ1v) is 14.1. The third-order valence-electron chi connectivity index (χ3n) is 4.46. The number of carbonyl (C=O) groups is 1. The maximum absolute atomic E-state index is 11.4. The van der Waals surface area contributed by atoms with Crippen molar-refractivity contribution in [1.29, 1.82) is 0 Å². The van der Waals surface area contributed by atoms with Crippen LogP contribution in [0.2, 0.25) is 0 Å². The molecule has 0 atom stereocenters. The topological polar surface area (TPSA) is 181 Å². The third-order valence-corrected chi connectivity index (χ3v) is 7.21. The standard InChI is InChI=1S/C11H13N3O4S2.C8H9N3O2S2/c1-2-18-11(15)13-10(19)12-8-4-3-7-6-20(16,17)14-9(7)5-8;9-8(14)10-6-2-1-5-4-15(12,13)11-7(5)3-6/h3-5,14H,2,6H2,1H3,(H2,12,13,15,19);1-3,11H,4H2,(H3,9,10,14). The summed E-state index contributed by atoms with van der Waals surface area (Å²) < 4.78 is 54.8. The number of ether oxygens (including phenoxy) is 1. The zero-order valence-electron chi connectivity index (χ0n) is 18.2. The van der Waals surface area contributed by atoms with Gasteiger partial charge >= 0.3 is 6.09 Å². The summed E-state index contributed by atoms with van der Waals surface area (Å²) in [7, 11) is -6.47. The Balaban J connectivity index is 0.000000203. The fourth-order valence-electron chi connectivity index (χ4n) is 3.13. The highest BCUT2D eigenvalue weighted by Gasteiger charge is 2.24. The summed E-state index contributed by atoms with van der Waals surface area (Å²) in [4.78, 5) is 11.2. The average Bonchev–Trinajstić information content (AvgIpc) is 3.19. The third kappa shape index (κ3) is 7.64. The number of nitrogens with two attached hydrogens (primary N) is 1. The van der Waals surface area contributed by atoms with Gasteiger partial charge in [0.1, 0.15) is 0 Å². The van der Waals surface area contributed by atoms with Crippen LogP contribution in [0, 0.1) is 0 Å². The first-order chi connectivity index (χ1) is 16.4. The maximum Gasteiger partial charge on any atom is 0.413 e. The zero-order chi connectivity index (χ0) is 25.8. The Morgan fingerprint density at radius 3 is 1.89 bits per heavy atom. The van der Waals surface area contributed by atoms with Crippen LogP contribution in [0.5, 0.6) is 0 Å². The number of carbonyl (C=O) groups excluding carboxylic acids is 1. The largest absolute Gasteiger partial charge is 0.450 e. The number of hydrogen-bond donors (Lipinski definition) is 6. The molecule has 0 bridgehead atoms. The maximum atomic E-state index is 11.4. The predicted molar refractivity (Wildman–Crippen MR) is 142 cm³/mol. The molecule has 16 heteroatoms. The lowest BCUT2D eigenvalue weighted by atomic mass is 10.2. The second-order valence-electron chi connectivity index (χ2n) is 7.25. The fraction of sp³-hybridized carbons (Fsp3) is 0.211. The van der Waals surface area contributed by atoms with Crippen molar-refractivity contribution in [3.63, 3.8) is 0 Å². The predicted octanol–water partition coefficient (Wildman–Crippen LogP) is 1.98. The number of alkyl carbamates (subject to hydrolysis) is 1. The Bertz CT molecular complexity index is 1390. The van der Waals surface area contributed by atoms with Crippen molar-refractivity contribution in [3.05, 3.63) is 47.5 Å². The molecule has 2 aromatic carbocycles. The zero-order valence-corrected chi connectivity index (χ0v) is 21.5. The minimum atomic E-state index is -3.28. The molecule has 188 valence electrons. The van der Waals surface area contributed by atoms with Crippen molar-refractivity contribution in [2.75, 3.05) is 26.7 Å². The Labute approximate surface area is 213 Å². The molecule has 2 heterocycles. The van der Waals surface area contributed by atoms with Crippen LogP contribution < -0.4 is 31.1 Å². The van der Waals surface area contributed by atoms with Crippen LogP contribution in [0.4, 0.5) is 27.5 Å². The number of hydrogen-bond acceptors (Lipinski definition) is 8. The van der Waals surface area contributed by atoms with Crippen molar-refractivity contribution in [2.24, 2.45) is 5.73 Å². The van der Waals surface area contributed by atoms with E-state index >= 15 is 0 Å². The van der Waals surface area contributed by atoms with Gasteiger partial charge in [-0.2, -0.15) is 0 Å². The van der Waals surface area contributed by atoms with E-state index in [-0.39, 0.29) is 28.3 Å². The van der Waals surface area contributed by atoms with E-state index in [4.69, 9.17) is 18.0 Å². The van der Waals surface area contributed by atoms with E-state index in [9.17, 15) is 21.6 Å². The average molecular weight is 559 g/mol. The Morgan fingerprint density at radius 1 is 0.943 bits per heavy atom. The number of nitrogens with one attached hydrogen (secondary N) is 5. The van der Waals surface area contributed by atoms with Crippen LogP contribution >= 0.6 is 24.4 Å². The Kier molecular flexibility index (Phi) is 7.99. The molecule has 0 unspecified atom stereocenters. The van der Waals surface area contributed by atoms with Crippen molar-refractivity contribution in [1.82, 2.24) is 5.32 Å². The summed E-state index contributed by atoms with van der Waals surface area (Å²) in [6.07, 6.45) is -0.646. The molecule has 0 saturated carbocycles. The first-order valence-electron chi connectivity index (χ1n) is 9.94. The smallest absolute Gasteiger partial charge is 0.413 e. The second kappa shape index (κ2) is 10.6. The molecule has 0 aromatic heterocycles. The summed E-state index contributed by atoms with van der Waals surface area (Å²) in [6.45, 7) is 1.93. The van der Waals surface area contributed by atoms with E-state index in [0.717, 1.165) is 5.56 Å². The lowest BCUT2D eigenvalue weighted by Gasteiger charge is -2.10. The van der Waals surface area contributed by atoms with Gasteiger partial charge < -0.3 is 21.1 Å². The van der Waals surface area contributed by atoms with Crippen LogP contribution in [-0.4, -0.2) is 39.8 Å². The minimum absolute atomic E-state index is 0.0235. The van der Waals surface area contributed by atoms with E-state index < -0.39 is 26.1 Å². The molecule has 1 amide bonds. The van der Waals surface area contributed by atoms with Crippen LogP contribution in [0.1, 0.15) is 18.1 Å². The molecular weight excluding hydrogens is 537 g/mol. The van der Waals surface area contributed by atoms with Crippen molar-refractivity contribution >= 4 is 83.5 Å². The molecule has 0 aliphatic carbocycles. The lowest BCUT2D eigenvalue weighted by molar-refractivity contribution is 0.158. The van der Waals surface area contributed by atoms with Crippen molar-refractivity contribution < 1.29 is 26.4 Å². The SMILES string of the molecule is CCOC(=O)NC(=S)Nc1ccc2c(c1)NS(=O)(=O)C2.NC(=S)Nc1ccc2c(c1)NS(=O)(=O)C2. The van der Waals surface area contributed by atoms with Gasteiger partial charge in [0.2, 0.25) is 20.0 Å². The monoisotopic (exact) mass is 558 g/mol. The highest BCUT2D eigenvalue weighted by atomic mass is 32.2. The number of amides is 1. The Hall–Kier alpha value is -3.21. The summed E-state index contributed by atoms with van der Waals surface area (Å²) in [6, 6.07) is 10.1. The van der Waals surface area contributed by atoms with Gasteiger partial charge in [0.25, 0.3) is 0 Å². The molecule has 0 radical (unpaired) electrons. The van der Waals surface area contributed by atoms with Gasteiger partial charge in [0.05, 0.1) is 29.5 Å². The molecule has 2 aliphatic heterocycles. The van der Waals surface area contributed by atoms with Gasteiger partial charge in [-0.1, -0.05) is 12.1 Å². The molecule has 0 saturated heterocycles. The fourth-order valence-corrected chi connectivity index (χ4v) is 5.97. The highest BCUT2D eigenvalue weighted by molar-refractivity contribution is 7.92. The number of thiocarbonyl (C=S) groups is 2. The van der Waals surface area contributed by atoms with Gasteiger partial charge in [-0.05, 0) is 66.8 Å². The summed E-state index contributed by atoms with van der Waals surface area (Å²) in [5.41, 5.74) is 9.08. The van der Waals surface area contributed by atoms with Crippen LogP contribution in [0.25, 0.3) is 0 Å². The summed E-state index contributed by atoms with van der Waals surface area (Å²) >= 11 is 9.62. The quantitative estimate of drug-likeness (QED) is 0.303. The van der Waals surface area contributed by atoms with Crippen molar-refractivity contribution in [3.8, 4) is 0 Å². The molecule has 2 aliphatic rings. The first kappa shape index (κ1) is 26.4. The van der Waals surface area contributed by atoms with Crippen LogP contribution in [0.3, 0.4) is 0 Å². The number of rotatable bonds is 3. The van der Waals surface area contributed by atoms with Gasteiger partial charge in [-0.25, -0.2) is 21.6 Å². The molecule has 35 heavy (non-hydrogen) atoms. The van der Waals surface area contributed by atoms with E-state index in [1.807, 2.05) is 0 Å². The van der Waals surface area contributed by atoms with Gasteiger partial charge in [-0.3, -0.25) is 14.8 Å². The molecule has 7 N–H and O–H groups in total. The lowest BCUT2D eigenvalue weighted by Crippen LogP contribution is -2.34. The minimum Gasteiger partial charge on any atom is -0.450 e. The molecule has 4 rings (SSSR count). The van der Waals surface area contributed by atoms with E-state index in [1.54, 1.807) is 43.3 Å². The second-order valence-corrected chi connectivity index (χ2v) is 11.5. The number of sulfonamides is 2. The summed E-state index contributed by atoms with van der Waals surface area (Å²) in [5, 5.41) is 8.07. The van der Waals surface area contributed by atoms with Gasteiger partial charge in [-0.15, -0.1) is 0 Å². The van der Waals surface area contributed by atoms with Gasteiger partial charge in [0.15, 0.2) is 10.2 Å². The molecule has 12 nitrogen and oxygen atoms in total. The molecule has 0 spiro atoms. The van der Waals surface area contributed by atoms with E-state index in [2.05, 4.69) is 42.3 Å². The van der Waals surface area contributed by atoms with E-state index in [1.165, 1.54) is 0 Å².